The Hall–Kier alpha value is -2.63. The van der Waals surface area contributed by atoms with Crippen LogP contribution in [-0.4, -0.2) is 45.2 Å². The van der Waals surface area contributed by atoms with E-state index < -0.39 is 17.4 Å². The molecule has 0 saturated carbocycles. The van der Waals surface area contributed by atoms with E-state index in [-0.39, 0.29) is 17.5 Å². The lowest BCUT2D eigenvalue weighted by molar-refractivity contribution is -0.116. The molecule has 0 fully saturated rings. The molecule has 0 aliphatic carbocycles. The summed E-state index contributed by atoms with van der Waals surface area (Å²) >= 11 is 2.33. The number of thiazole rings is 1. The van der Waals surface area contributed by atoms with E-state index in [0.29, 0.717) is 28.8 Å². The van der Waals surface area contributed by atoms with E-state index in [1.807, 2.05) is 0 Å². The normalized spacial score (nSPS) is 11.0. The number of carboxylic acid groups (broad SMARTS) is 1. The minimum absolute atomic E-state index is 0.00529. The third kappa shape index (κ3) is 3.64. The van der Waals surface area contributed by atoms with Crippen molar-refractivity contribution in [3.8, 4) is 0 Å². The van der Waals surface area contributed by atoms with Gasteiger partial charge in [0.1, 0.15) is 17.2 Å². The number of nitrogens with one attached hydrogen (secondary N) is 1. The van der Waals surface area contributed by atoms with E-state index in [9.17, 15) is 19.5 Å². The number of carbonyl (C=O) groups is 2. The number of hydrogen-bond donors (Lipinski definition) is 2. The zero-order valence-electron chi connectivity index (χ0n) is 13.6. The number of thiophene rings is 1. The van der Waals surface area contributed by atoms with Gasteiger partial charge in [0, 0.05) is 30.5 Å². The molecular weight excluding hydrogens is 380 g/mol. The van der Waals surface area contributed by atoms with Gasteiger partial charge in [0.25, 0.3) is 5.56 Å². The van der Waals surface area contributed by atoms with Crippen LogP contribution in [0.3, 0.4) is 0 Å². The molecule has 3 aromatic rings. The Morgan fingerprint density at radius 3 is 2.85 bits per heavy atom. The Kier molecular flexibility index (Phi) is 5.40. The van der Waals surface area contributed by atoms with Gasteiger partial charge in [0.05, 0.1) is 17.6 Å². The first-order valence-corrected chi connectivity index (χ1v) is 9.19. The minimum atomic E-state index is -1.21. The molecule has 3 rings (SSSR count). The number of rotatable bonds is 7. The van der Waals surface area contributed by atoms with Gasteiger partial charge in [-0.15, -0.1) is 22.7 Å². The maximum atomic E-state index is 12.9. The largest absolute Gasteiger partial charge is 0.478 e. The number of nitrogens with zero attached hydrogens (tertiary/aromatic N) is 3. The van der Waals surface area contributed by atoms with Gasteiger partial charge < -0.3 is 15.2 Å². The summed E-state index contributed by atoms with van der Waals surface area (Å²) in [5, 5.41) is 15.4. The Bertz CT molecular complexity index is 1010. The molecule has 0 radical (unpaired) electrons. The SMILES string of the molecule is COCCc1nc2scc(C(=O)O)c2c(=O)n1CC(=O)Nc1nccs1. The third-order valence-corrected chi connectivity index (χ3v) is 5.07. The van der Waals surface area contributed by atoms with Crippen molar-refractivity contribution in [2.45, 2.75) is 13.0 Å². The van der Waals surface area contributed by atoms with Crippen molar-refractivity contribution in [1.82, 2.24) is 14.5 Å². The minimum Gasteiger partial charge on any atom is -0.478 e. The molecule has 1 amide bonds. The van der Waals surface area contributed by atoms with Crippen molar-refractivity contribution < 1.29 is 19.4 Å². The van der Waals surface area contributed by atoms with Crippen molar-refractivity contribution in [2.75, 3.05) is 19.0 Å². The Balaban J connectivity index is 2.03. The van der Waals surface area contributed by atoms with Gasteiger partial charge in [-0.2, -0.15) is 0 Å². The van der Waals surface area contributed by atoms with E-state index in [1.54, 1.807) is 11.6 Å². The van der Waals surface area contributed by atoms with Gasteiger partial charge in [-0.1, -0.05) is 0 Å². The second kappa shape index (κ2) is 7.72. The Morgan fingerprint density at radius 2 is 2.19 bits per heavy atom. The van der Waals surface area contributed by atoms with Crippen molar-refractivity contribution in [2.24, 2.45) is 0 Å². The first kappa shape index (κ1) is 18.2. The van der Waals surface area contributed by atoms with E-state index in [0.717, 1.165) is 11.3 Å². The fourth-order valence-corrected chi connectivity index (χ4v) is 3.83. The highest BCUT2D eigenvalue weighted by Gasteiger charge is 2.20. The number of carbonyl (C=O) groups excluding carboxylic acids is 1. The lowest BCUT2D eigenvalue weighted by Gasteiger charge is -2.12. The lowest BCUT2D eigenvalue weighted by atomic mass is 10.2. The van der Waals surface area contributed by atoms with Crippen molar-refractivity contribution in [1.29, 1.82) is 0 Å². The van der Waals surface area contributed by atoms with Crippen molar-refractivity contribution >= 4 is 49.9 Å². The first-order chi connectivity index (χ1) is 12.5. The topological polar surface area (TPSA) is 123 Å². The van der Waals surface area contributed by atoms with Crippen LogP contribution in [0, 0.1) is 0 Å². The molecule has 0 aromatic carbocycles. The number of amides is 1. The summed E-state index contributed by atoms with van der Waals surface area (Å²) in [7, 11) is 1.52. The average Bonchev–Trinajstić information content (AvgIpc) is 3.25. The Labute approximate surface area is 154 Å². The molecule has 0 aliphatic rings. The number of carboxylic acids is 1. The predicted octanol–water partition coefficient (Wildman–Crippen LogP) is 1.44. The number of anilines is 1. The molecule has 136 valence electrons. The number of methoxy groups -OCH3 is 1. The fourth-order valence-electron chi connectivity index (χ4n) is 2.36. The van der Waals surface area contributed by atoms with Crippen molar-refractivity contribution in [3.63, 3.8) is 0 Å². The predicted molar refractivity (Wildman–Crippen MR) is 97.2 cm³/mol. The molecule has 2 N–H and O–H groups in total. The summed E-state index contributed by atoms with van der Waals surface area (Å²) in [6.45, 7) is 0.0124. The van der Waals surface area contributed by atoms with E-state index in [4.69, 9.17) is 4.74 Å². The highest BCUT2D eigenvalue weighted by molar-refractivity contribution is 7.17. The van der Waals surface area contributed by atoms with Gasteiger partial charge in [-0.25, -0.2) is 14.8 Å². The number of aromatic nitrogens is 3. The smallest absolute Gasteiger partial charge is 0.337 e. The maximum Gasteiger partial charge on any atom is 0.337 e. The molecular formula is C15H14N4O5S2. The summed E-state index contributed by atoms with van der Waals surface area (Å²) in [6, 6.07) is 0. The summed E-state index contributed by atoms with van der Waals surface area (Å²) in [4.78, 5) is 45.2. The standard InChI is InChI=1S/C15H14N4O5S2/c1-24-4-2-9-17-12-11(8(7-26-12)14(22)23)13(21)19(9)6-10(20)18-15-16-3-5-25-15/h3,5,7H,2,4,6H2,1H3,(H,22,23)(H,16,18,20). The first-order valence-electron chi connectivity index (χ1n) is 7.43. The highest BCUT2D eigenvalue weighted by atomic mass is 32.1. The van der Waals surface area contributed by atoms with Gasteiger partial charge >= 0.3 is 5.97 Å². The summed E-state index contributed by atoms with van der Waals surface area (Å²) < 4.78 is 6.22. The number of fused-ring (bicyclic) bond motifs is 1. The molecule has 11 heteroatoms. The van der Waals surface area contributed by atoms with Gasteiger partial charge in [0.15, 0.2) is 5.13 Å². The Morgan fingerprint density at radius 1 is 1.38 bits per heavy atom. The van der Waals surface area contributed by atoms with Crippen LogP contribution >= 0.6 is 22.7 Å². The van der Waals surface area contributed by atoms with Crippen LogP contribution in [0.5, 0.6) is 0 Å². The van der Waals surface area contributed by atoms with Crippen LogP contribution in [0.4, 0.5) is 5.13 Å². The van der Waals surface area contributed by atoms with Crippen LogP contribution in [0.25, 0.3) is 10.2 Å². The molecule has 3 aromatic heterocycles. The zero-order valence-corrected chi connectivity index (χ0v) is 15.2. The molecule has 0 aliphatic heterocycles. The molecule has 9 nitrogen and oxygen atoms in total. The molecule has 0 saturated heterocycles. The summed E-state index contributed by atoms with van der Waals surface area (Å²) in [6.07, 6.45) is 1.86. The van der Waals surface area contributed by atoms with Gasteiger partial charge in [-0.05, 0) is 0 Å². The van der Waals surface area contributed by atoms with Gasteiger partial charge in [-0.3, -0.25) is 14.2 Å². The van der Waals surface area contributed by atoms with Crippen LogP contribution < -0.4 is 10.9 Å². The average molecular weight is 394 g/mol. The van der Waals surface area contributed by atoms with Crippen LogP contribution in [-0.2, 0) is 22.5 Å². The zero-order chi connectivity index (χ0) is 18.7. The molecule has 0 spiro atoms. The van der Waals surface area contributed by atoms with Crippen molar-refractivity contribution in [3.05, 3.63) is 38.7 Å². The third-order valence-electron chi connectivity index (χ3n) is 3.51. The van der Waals surface area contributed by atoms with Crippen LogP contribution in [0.15, 0.2) is 21.8 Å². The van der Waals surface area contributed by atoms with Crippen LogP contribution in [0.1, 0.15) is 16.2 Å². The highest BCUT2D eigenvalue weighted by Crippen LogP contribution is 2.22. The fraction of sp³-hybridized carbons (Fsp3) is 0.267. The second-order valence-corrected chi connectivity index (χ2v) is 6.93. The molecule has 3 heterocycles. The van der Waals surface area contributed by atoms with E-state index >= 15 is 0 Å². The molecule has 0 atom stereocenters. The molecule has 0 unspecified atom stereocenters. The quantitative estimate of drug-likeness (QED) is 0.621. The van der Waals surface area contributed by atoms with E-state index in [1.165, 1.54) is 28.4 Å². The van der Waals surface area contributed by atoms with E-state index in [2.05, 4.69) is 15.3 Å². The number of hydrogen-bond acceptors (Lipinski definition) is 8. The summed E-state index contributed by atoms with van der Waals surface area (Å²) in [5.41, 5.74) is -0.677. The maximum absolute atomic E-state index is 12.9. The van der Waals surface area contributed by atoms with Gasteiger partial charge in [0.2, 0.25) is 5.91 Å². The molecule has 26 heavy (non-hydrogen) atoms. The summed E-state index contributed by atoms with van der Waals surface area (Å²) in [5.74, 6) is -1.30. The second-order valence-electron chi connectivity index (χ2n) is 5.18. The number of ether oxygens (including phenoxy) is 1. The lowest BCUT2D eigenvalue weighted by Crippen LogP contribution is -2.32. The monoisotopic (exact) mass is 394 g/mol. The number of aromatic carboxylic acids is 1. The molecule has 0 bridgehead atoms. The van der Waals surface area contributed by atoms with Crippen LogP contribution in [0.2, 0.25) is 0 Å².